The number of nitrogens with zero attached hydrogens (tertiary/aromatic N) is 2. The lowest BCUT2D eigenvalue weighted by Gasteiger charge is -2.34. The molecule has 3 rings (SSSR count). The number of para-hydroxylation sites is 1. The zero-order valence-corrected chi connectivity index (χ0v) is 13.5. The van der Waals surface area contributed by atoms with Crippen LogP contribution in [0.5, 0.6) is 0 Å². The van der Waals surface area contributed by atoms with Crippen LogP contribution in [-0.2, 0) is 13.0 Å². The van der Waals surface area contributed by atoms with Crippen molar-refractivity contribution in [3.05, 3.63) is 54.0 Å². The van der Waals surface area contributed by atoms with E-state index in [1.165, 1.54) is 0 Å². The molecular weight excluding hydrogens is 290 g/mol. The second-order valence-corrected chi connectivity index (χ2v) is 5.78. The zero-order chi connectivity index (χ0) is 16.1. The molecule has 1 aromatic heterocycles. The van der Waals surface area contributed by atoms with Gasteiger partial charge in [-0.3, -0.25) is 4.90 Å². The molecule has 1 N–H and O–H groups in total. The molecule has 1 aromatic carbocycles. The van der Waals surface area contributed by atoms with Crippen molar-refractivity contribution >= 4 is 11.7 Å². The number of nitrogens with one attached hydrogen (secondary N) is 1. The highest BCUT2D eigenvalue weighted by molar-refractivity contribution is 5.90. The average molecular weight is 313 g/mol. The van der Waals surface area contributed by atoms with E-state index in [1.807, 2.05) is 35.2 Å². The Morgan fingerprint density at radius 2 is 1.91 bits per heavy atom. The largest absolute Gasteiger partial charge is 0.468 e. The van der Waals surface area contributed by atoms with E-state index in [1.54, 1.807) is 6.26 Å². The van der Waals surface area contributed by atoms with E-state index >= 15 is 0 Å². The molecule has 0 aliphatic carbocycles. The topological polar surface area (TPSA) is 48.7 Å². The number of carbonyl (C=O) groups is 1. The van der Waals surface area contributed by atoms with Crippen molar-refractivity contribution in [1.29, 1.82) is 0 Å². The SMILES string of the molecule is CCc1ccccc1NC(=O)N1CCN(Cc2ccco2)CC1. The number of amides is 2. The third-order valence-corrected chi connectivity index (χ3v) is 4.26. The van der Waals surface area contributed by atoms with Crippen LogP contribution in [0.15, 0.2) is 47.1 Å². The van der Waals surface area contributed by atoms with E-state index in [4.69, 9.17) is 4.42 Å². The minimum absolute atomic E-state index is 0.0106. The number of anilines is 1. The number of urea groups is 1. The van der Waals surface area contributed by atoms with E-state index in [0.29, 0.717) is 0 Å². The molecule has 0 radical (unpaired) electrons. The van der Waals surface area contributed by atoms with Gasteiger partial charge >= 0.3 is 6.03 Å². The molecule has 0 atom stereocenters. The quantitative estimate of drug-likeness (QED) is 0.943. The first kappa shape index (κ1) is 15.6. The molecular formula is C18H23N3O2. The number of aryl methyl sites for hydroxylation is 1. The number of rotatable bonds is 4. The molecule has 0 unspecified atom stereocenters. The third kappa shape index (κ3) is 3.93. The number of furan rings is 1. The van der Waals surface area contributed by atoms with E-state index in [0.717, 1.165) is 56.2 Å². The van der Waals surface area contributed by atoms with Crippen molar-refractivity contribution in [3.63, 3.8) is 0 Å². The van der Waals surface area contributed by atoms with Gasteiger partial charge in [0.1, 0.15) is 5.76 Å². The summed E-state index contributed by atoms with van der Waals surface area (Å²) in [7, 11) is 0. The Morgan fingerprint density at radius 1 is 1.13 bits per heavy atom. The molecule has 1 saturated heterocycles. The Morgan fingerprint density at radius 3 is 2.61 bits per heavy atom. The van der Waals surface area contributed by atoms with Gasteiger partial charge in [0, 0.05) is 31.9 Å². The third-order valence-electron chi connectivity index (χ3n) is 4.26. The maximum Gasteiger partial charge on any atom is 0.321 e. The van der Waals surface area contributed by atoms with Gasteiger partial charge in [-0.25, -0.2) is 4.79 Å². The normalized spacial score (nSPS) is 15.6. The van der Waals surface area contributed by atoms with E-state index in [-0.39, 0.29) is 6.03 Å². The molecule has 0 spiro atoms. The molecule has 5 nitrogen and oxygen atoms in total. The standard InChI is InChI=1S/C18H23N3O2/c1-2-15-6-3-4-8-17(15)19-18(22)21-11-9-20(10-12-21)14-16-7-5-13-23-16/h3-8,13H,2,9-12,14H2,1H3,(H,19,22). The maximum atomic E-state index is 12.4. The fraction of sp³-hybridized carbons (Fsp3) is 0.389. The molecule has 1 fully saturated rings. The van der Waals surface area contributed by atoms with Gasteiger partial charge < -0.3 is 14.6 Å². The average Bonchev–Trinajstić information content (AvgIpc) is 3.09. The van der Waals surface area contributed by atoms with Crippen LogP contribution in [-0.4, -0.2) is 42.0 Å². The highest BCUT2D eigenvalue weighted by Crippen LogP contribution is 2.17. The lowest BCUT2D eigenvalue weighted by molar-refractivity contribution is 0.137. The molecule has 0 bridgehead atoms. The number of carbonyl (C=O) groups excluding carboxylic acids is 1. The Labute approximate surface area is 136 Å². The van der Waals surface area contributed by atoms with Crippen molar-refractivity contribution in [2.24, 2.45) is 0 Å². The van der Waals surface area contributed by atoms with Gasteiger partial charge in [0.2, 0.25) is 0 Å². The molecule has 122 valence electrons. The van der Waals surface area contributed by atoms with Crippen LogP contribution < -0.4 is 5.32 Å². The first-order valence-corrected chi connectivity index (χ1v) is 8.15. The van der Waals surface area contributed by atoms with Crippen molar-refractivity contribution in [3.8, 4) is 0 Å². The molecule has 23 heavy (non-hydrogen) atoms. The fourth-order valence-corrected chi connectivity index (χ4v) is 2.88. The first-order valence-electron chi connectivity index (χ1n) is 8.15. The van der Waals surface area contributed by atoms with E-state index < -0.39 is 0 Å². The Hall–Kier alpha value is -2.27. The molecule has 2 aromatic rings. The molecule has 2 amide bonds. The van der Waals surface area contributed by atoms with Crippen LogP contribution in [0.2, 0.25) is 0 Å². The van der Waals surface area contributed by atoms with E-state index in [2.05, 4.69) is 23.2 Å². The van der Waals surface area contributed by atoms with Crippen LogP contribution in [0.25, 0.3) is 0 Å². The van der Waals surface area contributed by atoms with E-state index in [9.17, 15) is 4.79 Å². The monoisotopic (exact) mass is 313 g/mol. The highest BCUT2D eigenvalue weighted by Gasteiger charge is 2.22. The number of hydrogen-bond acceptors (Lipinski definition) is 3. The second kappa shape index (κ2) is 7.33. The summed E-state index contributed by atoms with van der Waals surface area (Å²) in [5.74, 6) is 0.972. The van der Waals surface area contributed by atoms with Crippen molar-refractivity contribution < 1.29 is 9.21 Å². The number of piperazine rings is 1. The summed E-state index contributed by atoms with van der Waals surface area (Å²) in [4.78, 5) is 16.6. The number of hydrogen-bond donors (Lipinski definition) is 1. The lowest BCUT2D eigenvalue weighted by Crippen LogP contribution is -2.49. The van der Waals surface area contributed by atoms with Gasteiger partial charge in [0.05, 0.1) is 12.8 Å². The van der Waals surface area contributed by atoms with Crippen LogP contribution >= 0.6 is 0 Å². The van der Waals surface area contributed by atoms with Gasteiger partial charge in [-0.15, -0.1) is 0 Å². The van der Waals surface area contributed by atoms with Gasteiger partial charge in [-0.2, -0.15) is 0 Å². The smallest absolute Gasteiger partial charge is 0.321 e. The lowest BCUT2D eigenvalue weighted by atomic mass is 10.1. The predicted molar refractivity (Wildman–Crippen MR) is 90.4 cm³/mol. The summed E-state index contributed by atoms with van der Waals surface area (Å²) >= 11 is 0. The summed E-state index contributed by atoms with van der Waals surface area (Å²) in [5, 5.41) is 3.04. The van der Waals surface area contributed by atoms with Crippen LogP contribution in [0.4, 0.5) is 10.5 Å². The van der Waals surface area contributed by atoms with Crippen LogP contribution in [0.1, 0.15) is 18.2 Å². The van der Waals surface area contributed by atoms with Crippen molar-refractivity contribution in [2.75, 3.05) is 31.5 Å². The Bertz CT molecular complexity index is 631. The van der Waals surface area contributed by atoms with Crippen LogP contribution in [0, 0.1) is 0 Å². The summed E-state index contributed by atoms with van der Waals surface area (Å²) < 4.78 is 5.38. The van der Waals surface area contributed by atoms with Crippen molar-refractivity contribution in [2.45, 2.75) is 19.9 Å². The zero-order valence-electron chi connectivity index (χ0n) is 13.5. The highest BCUT2D eigenvalue weighted by atomic mass is 16.3. The Kier molecular flexibility index (Phi) is 4.98. The van der Waals surface area contributed by atoms with Gasteiger partial charge in [0.25, 0.3) is 0 Å². The summed E-state index contributed by atoms with van der Waals surface area (Å²) in [6.07, 6.45) is 2.61. The molecule has 1 aliphatic rings. The van der Waals surface area contributed by atoms with Gasteiger partial charge in [0.15, 0.2) is 0 Å². The molecule has 5 heteroatoms. The molecule has 0 saturated carbocycles. The fourth-order valence-electron chi connectivity index (χ4n) is 2.88. The van der Waals surface area contributed by atoms with Crippen molar-refractivity contribution in [1.82, 2.24) is 9.80 Å². The summed E-state index contributed by atoms with van der Waals surface area (Å²) in [6.45, 7) is 6.11. The first-order chi connectivity index (χ1) is 11.3. The van der Waals surface area contributed by atoms with Gasteiger partial charge in [-0.05, 0) is 30.2 Å². The van der Waals surface area contributed by atoms with Crippen LogP contribution in [0.3, 0.4) is 0 Å². The Balaban J connectivity index is 1.52. The minimum Gasteiger partial charge on any atom is -0.468 e. The summed E-state index contributed by atoms with van der Waals surface area (Å²) in [5.41, 5.74) is 2.08. The number of benzene rings is 1. The predicted octanol–water partition coefficient (Wildman–Crippen LogP) is 3.19. The maximum absolute atomic E-state index is 12.4. The summed E-state index contributed by atoms with van der Waals surface area (Å²) in [6, 6.07) is 11.9. The molecule has 1 aliphatic heterocycles. The second-order valence-electron chi connectivity index (χ2n) is 5.78. The molecule has 2 heterocycles. The minimum atomic E-state index is -0.0106. The van der Waals surface area contributed by atoms with Gasteiger partial charge in [-0.1, -0.05) is 25.1 Å².